The van der Waals surface area contributed by atoms with Crippen molar-refractivity contribution in [1.29, 1.82) is 0 Å². The van der Waals surface area contributed by atoms with E-state index in [1.807, 2.05) is 56.0 Å². The first-order chi connectivity index (χ1) is 18.6. The molecule has 1 atom stereocenters. The summed E-state index contributed by atoms with van der Waals surface area (Å²) in [6.07, 6.45) is 1.41. The maximum absolute atomic E-state index is 15.0. The van der Waals surface area contributed by atoms with Gasteiger partial charge in [0.15, 0.2) is 0 Å². The molecule has 0 spiro atoms. The van der Waals surface area contributed by atoms with Crippen molar-refractivity contribution in [3.05, 3.63) is 82.7 Å². The van der Waals surface area contributed by atoms with Gasteiger partial charge in [0, 0.05) is 31.0 Å². The molecule has 2 aliphatic heterocycles. The molecule has 0 radical (unpaired) electrons. The number of aliphatic carboxylic acids is 1. The Morgan fingerprint density at radius 1 is 1.10 bits per heavy atom. The first kappa shape index (κ1) is 26.7. The molecule has 0 aliphatic carbocycles. The van der Waals surface area contributed by atoms with Gasteiger partial charge < -0.3 is 19.5 Å². The Balaban J connectivity index is 1.44. The van der Waals surface area contributed by atoms with Gasteiger partial charge in [0.2, 0.25) is 5.91 Å². The van der Waals surface area contributed by atoms with Crippen LogP contribution in [0.3, 0.4) is 0 Å². The molecule has 0 aromatic heterocycles. The van der Waals surface area contributed by atoms with Crippen LogP contribution >= 0.6 is 0 Å². The third kappa shape index (κ3) is 5.63. The zero-order valence-electron chi connectivity index (χ0n) is 22.6. The lowest BCUT2D eigenvalue weighted by molar-refractivity contribution is -0.136. The van der Waals surface area contributed by atoms with Crippen LogP contribution in [0.2, 0.25) is 0 Å². The van der Waals surface area contributed by atoms with Crippen molar-refractivity contribution in [2.75, 3.05) is 13.2 Å². The largest absolute Gasteiger partial charge is 0.493 e. The average molecular weight is 532 g/mol. The second kappa shape index (κ2) is 10.7. The number of halogens is 1. The summed E-state index contributed by atoms with van der Waals surface area (Å²) in [7, 11) is 0. The number of rotatable bonds is 7. The highest BCUT2D eigenvalue weighted by molar-refractivity contribution is 5.80. The van der Waals surface area contributed by atoms with E-state index in [1.165, 1.54) is 6.07 Å². The number of para-hydroxylation sites is 1. The van der Waals surface area contributed by atoms with Crippen molar-refractivity contribution in [2.45, 2.75) is 64.5 Å². The molecule has 5 rings (SSSR count). The minimum atomic E-state index is -0.922. The van der Waals surface area contributed by atoms with Crippen molar-refractivity contribution in [1.82, 2.24) is 4.90 Å². The van der Waals surface area contributed by atoms with Crippen LogP contribution < -0.4 is 9.47 Å². The van der Waals surface area contributed by atoms with Gasteiger partial charge in [-0.05, 0) is 79.6 Å². The number of nitrogens with zero attached hydrogens (tertiary/aromatic N) is 1. The fourth-order valence-electron chi connectivity index (χ4n) is 5.92. The predicted molar refractivity (Wildman–Crippen MR) is 147 cm³/mol. The van der Waals surface area contributed by atoms with E-state index in [-0.39, 0.29) is 29.7 Å². The number of hydrogen-bond donors (Lipinski definition) is 1. The molecule has 0 saturated carbocycles. The highest BCUT2D eigenvalue weighted by atomic mass is 19.1. The number of carbonyl (C=O) groups is 2. The topological polar surface area (TPSA) is 76.1 Å². The van der Waals surface area contributed by atoms with Gasteiger partial charge in [0.05, 0.1) is 13.0 Å². The highest BCUT2D eigenvalue weighted by Gasteiger charge is 2.36. The standard InChI is InChI=1S/C32H34FNO5/c1-4-38-29-15-20(16-31(36)37)9-10-25(29)23-11-12-27(33)24-13-14-34(19-26(23)24)30(35)17-21-18-32(2,3)39-28-8-6-5-7-22(21)28/h5-12,15,21H,4,13-14,16-19H2,1-3H3,(H,36,37). The van der Waals surface area contributed by atoms with Gasteiger partial charge in [-0.15, -0.1) is 0 Å². The number of carboxylic acid groups (broad SMARTS) is 1. The van der Waals surface area contributed by atoms with Gasteiger partial charge in [-0.3, -0.25) is 9.59 Å². The number of ether oxygens (including phenoxy) is 2. The lowest BCUT2D eigenvalue weighted by Gasteiger charge is -2.38. The Morgan fingerprint density at radius 3 is 2.64 bits per heavy atom. The van der Waals surface area contributed by atoms with E-state index in [2.05, 4.69) is 0 Å². The van der Waals surface area contributed by atoms with Crippen LogP contribution in [0.4, 0.5) is 4.39 Å². The lowest BCUT2D eigenvalue weighted by atomic mass is 9.82. The van der Waals surface area contributed by atoms with Crippen LogP contribution in [0.15, 0.2) is 54.6 Å². The van der Waals surface area contributed by atoms with E-state index in [9.17, 15) is 19.1 Å². The summed E-state index contributed by atoms with van der Waals surface area (Å²) in [5, 5.41) is 9.22. The summed E-state index contributed by atoms with van der Waals surface area (Å²) in [5.41, 5.74) is 4.26. The van der Waals surface area contributed by atoms with E-state index in [1.54, 1.807) is 18.2 Å². The van der Waals surface area contributed by atoms with Crippen LogP contribution in [0, 0.1) is 5.82 Å². The molecular formula is C32H34FNO5. The van der Waals surface area contributed by atoms with E-state index in [0.29, 0.717) is 49.4 Å². The van der Waals surface area contributed by atoms with E-state index >= 15 is 0 Å². The molecular weight excluding hydrogens is 497 g/mol. The lowest BCUT2D eigenvalue weighted by Crippen LogP contribution is -2.40. The Morgan fingerprint density at radius 2 is 1.87 bits per heavy atom. The molecule has 7 heteroatoms. The van der Waals surface area contributed by atoms with Gasteiger partial charge in [-0.1, -0.05) is 36.4 Å². The van der Waals surface area contributed by atoms with Gasteiger partial charge >= 0.3 is 5.97 Å². The number of carbonyl (C=O) groups excluding carboxylic acids is 1. The molecule has 39 heavy (non-hydrogen) atoms. The molecule has 1 N–H and O–H groups in total. The van der Waals surface area contributed by atoms with Crippen molar-refractivity contribution >= 4 is 11.9 Å². The molecule has 3 aromatic carbocycles. The minimum Gasteiger partial charge on any atom is -0.493 e. The normalized spacial score (nSPS) is 17.5. The zero-order valence-corrected chi connectivity index (χ0v) is 22.6. The molecule has 204 valence electrons. The number of amides is 1. The number of fused-ring (bicyclic) bond motifs is 2. The van der Waals surface area contributed by atoms with E-state index < -0.39 is 5.97 Å². The smallest absolute Gasteiger partial charge is 0.307 e. The maximum atomic E-state index is 15.0. The monoisotopic (exact) mass is 531 g/mol. The third-order valence-corrected chi connectivity index (χ3v) is 7.60. The van der Waals surface area contributed by atoms with Crippen molar-refractivity contribution < 1.29 is 28.6 Å². The Hall–Kier alpha value is -3.87. The Kier molecular flexibility index (Phi) is 7.34. The van der Waals surface area contributed by atoms with Gasteiger partial charge in [-0.2, -0.15) is 0 Å². The molecule has 0 fully saturated rings. The SMILES string of the molecule is CCOc1cc(CC(=O)O)ccc1-c1ccc(F)c2c1CN(C(=O)CC1CC(C)(C)Oc3ccccc31)CC2. The summed E-state index contributed by atoms with van der Waals surface area (Å²) in [6, 6.07) is 16.4. The molecule has 2 heterocycles. The van der Waals surface area contributed by atoms with E-state index in [4.69, 9.17) is 9.47 Å². The average Bonchev–Trinajstić information content (AvgIpc) is 2.88. The predicted octanol–water partition coefficient (Wildman–Crippen LogP) is 6.14. The van der Waals surface area contributed by atoms with Gasteiger partial charge in [-0.25, -0.2) is 4.39 Å². The summed E-state index contributed by atoms with van der Waals surface area (Å²) >= 11 is 0. The molecule has 3 aromatic rings. The van der Waals surface area contributed by atoms with E-state index in [0.717, 1.165) is 34.4 Å². The summed E-state index contributed by atoms with van der Waals surface area (Å²) in [4.78, 5) is 26.7. The Labute approximate surface area is 228 Å². The molecule has 0 bridgehead atoms. The zero-order chi connectivity index (χ0) is 27.7. The minimum absolute atomic E-state index is 0.0372. The fraction of sp³-hybridized carbons (Fsp3) is 0.375. The maximum Gasteiger partial charge on any atom is 0.307 e. The van der Waals surface area contributed by atoms with Crippen molar-refractivity contribution in [3.8, 4) is 22.6 Å². The van der Waals surface area contributed by atoms with Crippen LogP contribution in [0.1, 0.15) is 61.8 Å². The third-order valence-electron chi connectivity index (χ3n) is 7.60. The first-order valence-electron chi connectivity index (χ1n) is 13.5. The van der Waals surface area contributed by atoms with Crippen LogP contribution in [0.5, 0.6) is 11.5 Å². The summed E-state index contributed by atoms with van der Waals surface area (Å²) in [5.74, 6) is 0.257. The second-order valence-electron chi connectivity index (χ2n) is 11.0. The quantitative estimate of drug-likeness (QED) is 0.397. The molecule has 6 nitrogen and oxygen atoms in total. The molecule has 1 amide bonds. The molecule has 2 aliphatic rings. The number of carboxylic acids is 1. The fourth-order valence-corrected chi connectivity index (χ4v) is 5.92. The first-order valence-corrected chi connectivity index (χ1v) is 13.5. The van der Waals surface area contributed by atoms with Gasteiger partial charge in [0.25, 0.3) is 0 Å². The molecule has 1 unspecified atom stereocenters. The number of benzene rings is 3. The van der Waals surface area contributed by atoms with Crippen molar-refractivity contribution in [3.63, 3.8) is 0 Å². The second-order valence-corrected chi connectivity index (χ2v) is 11.0. The Bertz CT molecular complexity index is 1420. The van der Waals surface area contributed by atoms with Crippen molar-refractivity contribution in [2.24, 2.45) is 0 Å². The molecule has 0 saturated heterocycles. The van der Waals surface area contributed by atoms with Crippen LogP contribution in [-0.2, 0) is 29.0 Å². The van der Waals surface area contributed by atoms with Gasteiger partial charge in [0.1, 0.15) is 22.9 Å². The van der Waals surface area contributed by atoms with Crippen LogP contribution in [0.25, 0.3) is 11.1 Å². The van der Waals surface area contributed by atoms with Crippen LogP contribution in [-0.4, -0.2) is 40.6 Å². The number of hydrogen-bond acceptors (Lipinski definition) is 4. The highest BCUT2D eigenvalue weighted by Crippen LogP contribution is 2.43. The summed E-state index contributed by atoms with van der Waals surface area (Å²) < 4.78 is 27.0. The summed E-state index contributed by atoms with van der Waals surface area (Å²) in [6.45, 7) is 7.12.